The lowest BCUT2D eigenvalue weighted by atomic mass is 10.1. The van der Waals surface area contributed by atoms with E-state index in [2.05, 4.69) is 16.6 Å². The molecule has 0 aliphatic heterocycles. The summed E-state index contributed by atoms with van der Waals surface area (Å²) >= 11 is 0. The number of amides is 2. The average molecular weight is 240 g/mol. The number of hydrogen-bond donors (Lipinski definition) is 3. The molecule has 0 spiro atoms. The zero-order valence-corrected chi connectivity index (χ0v) is 10.00. The van der Waals surface area contributed by atoms with Gasteiger partial charge >= 0.3 is 12.0 Å². The van der Waals surface area contributed by atoms with E-state index in [0.717, 1.165) is 19.3 Å². The first-order chi connectivity index (χ1) is 8.16. The number of carbonyl (C=O) groups excluding carboxylic acids is 1. The maximum atomic E-state index is 11.1. The van der Waals surface area contributed by atoms with Gasteiger partial charge in [-0.05, 0) is 12.8 Å². The number of nitrogens with one attached hydrogen (secondary N) is 2. The SMILES string of the molecule is C#CCCNC(=O)NCCCCCCC(=O)O. The molecule has 0 unspecified atom stereocenters. The van der Waals surface area contributed by atoms with Gasteiger partial charge < -0.3 is 15.7 Å². The van der Waals surface area contributed by atoms with Gasteiger partial charge in [-0.3, -0.25) is 4.79 Å². The molecule has 0 atom stereocenters. The van der Waals surface area contributed by atoms with Crippen molar-refractivity contribution < 1.29 is 14.7 Å². The summed E-state index contributed by atoms with van der Waals surface area (Å²) in [5.41, 5.74) is 0. The number of terminal acetylenes is 1. The van der Waals surface area contributed by atoms with Gasteiger partial charge in [-0.15, -0.1) is 12.3 Å². The Bertz CT molecular complexity index is 271. The van der Waals surface area contributed by atoms with Crippen LogP contribution in [0.5, 0.6) is 0 Å². The highest BCUT2D eigenvalue weighted by atomic mass is 16.4. The lowest BCUT2D eigenvalue weighted by Crippen LogP contribution is -2.36. The van der Waals surface area contributed by atoms with Crippen LogP contribution in [-0.2, 0) is 4.79 Å². The van der Waals surface area contributed by atoms with Gasteiger partial charge in [0, 0.05) is 25.9 Å². The maximum absolute atomic E-state index is 11.1. The van der Waals surface area contributed by atoms with Crippen LogP contribution in [0.2, 0.25) is 0 Å². The molecule has 96 valence electrons. The third-order valence-electron chi connectivity index (χ3n) is 2.16. The lowest BCUT2D eigenvalue weighted by molar-refractivity contribution is -0.137. The zero-order valence-electron chi connectivity index (χ0n) is 10.00. The molecule has 5 nitrogen and oxygen atoms in total. The molecule has 0 rings (SSSR count). The van der Waals surface area contributed by atoms with Gasteiger partial charge in [-0.25, -0.2) is 4.79 Å². The number of carboxylic acids is 1. The van der Waals surface area contributed by atoms with Crippen molar-refractivity contribution in [1.29, 1.82) is 0 Å². The highest BCUT2D eigenvalue weighted by Gasteiger charge is 1.98. The standard InChI is InChI=1S/C12H20N2O3/c1-2-3-9-13-12(17)14-10-7-5-4-6-8-11(15)16/h1H,3-10H2,(H,15,16)(H2,13,14,17). The van der Waals surface area contributed by atoms with Crippen LogP contribution in [0, 0.1) is 12.3 Å². The Hall–Kier alpha value is -1.70. The van der Waals surface area contributed by atoms with Crippen molar-refractivity contribution in [3.8, 4) is 12.3 Å². The maximum Gasteiger partial charge on any atom is 0.314 e. The summed E-state index contributed by atoms with van der Waals surface area (Å²) in [6.45, 7) is 1.09. The van der Waals surface area contributed by atoms with E-state index in [-0.39, 0.29) is 12.5 Å². The minimum absolute atomic E-state index is 0.203. The molecule has 0 fully saturated rings. The van der Waals surface area contributed by atoms with Crippen LogP contribution >= 0.6 is 0 Å². The van der Waals surface area contributed by atoms with Crippen molar-refractivity contribution in [3.63, 3.8) is 0 Å². The summed E-state index contributed by atoms with van der Waals surface area (Å²) in [6.07, 6.45) is 9.16. The first kappa shape index (κ1) is 15.3. The van der Waals surface area contributed by atoms with E-state index in [0.29, 0.717) is 25.9 Å². The second-order valence-electron chi connectivity index (χ2n) is 3.69. The number of urea groups is 1. The minimum Gasteiger partial charge on any atom is -0.481 e. The normalized spacial score (nSPS) is 9.35. The lowest BCUT2D eigenvalue weighted by Gasteiger charge is -2.05. The predicted molar refractivity (Wildman–Crippen MR) is 65.6 cm³/mol. The smallest absolute Gasteiger partial charge is 0.314 e. The van der Waals surface area contributed by atoms with Crippen molar-refractivity contribution >= 4 is 12.0 Å². The summed E-state index contributed by atoms with van der Waals surface area (Å²) in [7, 11) is 0. The fourth-order valence-electron chi connectivity index (χ4n) is 1.27. The molecule has 0 aliphatic carbocycles. The number of aliphatic carboxylic acids is 1. The number of rotatable bonds is 9. The van der Waals surface area contributed by atoms with Crippen molar-refractivity contribution in [2.75, 3.05) is 13.1 Å². The molecule has 2 amide bonds. The molecular formula is C12H20N2O3. The summed E-state index contributed by atoms with van der Waals surface area (Å²) in [5.74, 6) is 1.68. The molecule has 0 aromatic heterocycles. The number of hydrogen-bond acceptors (Lipinski definition) is 2. The largest absolute Gasteiger partial charge is 0.481 e. The topological polar surface area (TPSA) is 78.4 Å². The van der Waals surface area contributed by atoms with E-state index >= 15 is 0 Å². The second kappa shape index (κ2) is 10.8. The predicted octanol–water partition coefficient (Wildman–Crippen LogP) is 1.34. The molecule has 0 radical (unpaired) electrons. The molecule has 17 heavy (non-hydrogen) atoms. The minimum atomic E-state index is -0.754. The third kappa shape index (κ3) is 12.2. The van der Waals surface area contributed by atoms with E-state index < -0.39 is 5.97 Å². The van der Waals surface area contributed by atoms with Crippen LogP contribution in [0.4, 0.5) is 4.79 Å². The summed E-state index contributed by atoms with van der Waals surface area (Å²) in [6, 6.07) is -0.203. The number of unbranched alkanes of at least 4 members (excludes halogenated alkanes) is 3. The van der Waals surface area contributed by atoms with Gasteiger partial charge in [0.05, 0.1) is 0 Å². The van der Waals surface area contributed by atoms with Crippen LogP contribution in [0.25, 0.3) is 0 Å². The molecule has 0 saturated heterocycles. The van der Waals surface area contributed by atoms with E-state index in [1.807, 2.05) is 0 Å². The summed E-state index contributed by atoms with van der Waals surface area (Å²) in [4.78, 5) is 21.4. The van der Waals surface area contributed by atoms with E-state index in [1.165, 1.54) is 0 Å². The molecule has 5 heteroatoms. The Morgan fingerprint density at radius 3 is 2.35 bits per heavy atom. The van der Waals surface area contributed by atoms with Crippen LogP contribution < -0.4 is 10.6 Å². The second-order valence-corrected chi connectivity index (χ2v) is 3.69. The van der Waals surface area contributed by atoms with Gasteiger partial charge in [0.15, 0.2) is 0 Å². The average Bonchev–Trinajstić information content (AvgIpc) is 2.28. The summed E-state index contributed by atoms with van der Waals surface area (Å²) < 4.78 is 0. The van der Waals surface area contributed by atoms with Gasteiger partial charge in [0.2, 0.25) is 0 Å². The van der Waals surface area contributed by atoms with Crippen LogP contribution in [-0.4, -0.2) is 30.2 Å². The fourth-order valence-corrected chi connectivity index (χ4v) is 1.27. The monoisotopic (exact) mass is 240 g/mol. The van der Waals surface area contributed by atoms with E-state index in [4.69, 9.17) is 11.5 Å². The first-order valence-electron chi connectivity index (χ1n) is 5.83. The first-order valence-corrected chi connectivity index (χ1v) is 5.83. The van der Waals surface area contributed by atoms with Crippen molar-refractivity contribution in [3.05, 3.63) is 0 Å². The number of carbonyl (C=O) groups is 2. The van der Waals surface area contributed by atoms with Gasteiger partial charge in [-0.1, -0.05) is 12.8 Å². The quantitative estimate of drug-likeness (QED) is 0.420. The Labute approximate surface area is 102 Å². The highest BCUT2D eigenvalue weighted by molar-refractivity contribution is 5.73. The molecular weight excluding hydrogens is 220 g/mol. The zero-order chi connectivity index (χ0) is 12.9. The van der Waals surface area contributed by atoms with Crippen molar-refractivity contribution in [2.24, 2.45) is 0 Å². The molecule has 0 aromatic rings. The Balaban J connectivity index is 3.19. The highest BCUT2D eigenvalue weighted by Crippen LogP contribution is 2.01. The molecule has 0 bridgehead atoms. The van der Waals surface area contributed by atoms with E-state index in [1.54, 1.807) is 0 Å². The molecule has 0 heterocycles. The Morgan fingerprint density at radius 1 is 1.06 bits per heavy atom. The summed E-state index contributed by atoms with van der Waals surface area (Å²) in [5, 5.41) is 13.7. The Morgan fingerprint density at radius 2 is 1.71 bits per heavy atom. The Kier molecular flexibility index (Phi) is 9.73. The van der Waals surface area contributed by atoms with Crippen LogP contribution in [0.15, 0.2) is 0 Å². The van der Waals surface area contributed by atoms with Gasteiger partial charge in [0.1, 0.15) is 0 Å². The fraction of sp³-hybridized carbons (Fsp3) is 0.667. The number of carboxylic acid groups (broad SMARTS) is 1. The molecule has 0 aromatic carbocycles. The molecule has 0 saturated carbocycles. The van der Waals surface area contributed by atoms with Crippen molar-refractivity contribution in [1.82, 2.24) is 10.6 Å². The van der Waals surface area contributed by atoms with Crippen LogP contribution in [0.1, 0.15) is 38.5 Å². The van der Waals surface area contributed by atoms with Crippen LogP contribution in [0.3, 0.4) is 0 Å². The molecule has 0 aliphatic rings. The van der Waals surface area contributed by atoms with E-state index in [9.17, 15) is 9.59 Å². The van der Waals surface area contributed by atoms with Gasteiger partial charge in [-0.2, -0.15) is 0 Å². The third-order valence-corrected chi connectivity index (χ3v) is 2.16. The molecule has 3 N–H and O–H groups in total. The van der Waals surface area contributed by atoms with Gasteiger partial charge in [0.25, 0.3) is 0 Å². The van der Waals surface area contributed by atoms with Crippen molar-refractivity contribution in [2.45, 2.75) is 38.5 Å².